The number of alkyl halides is 1. The molecule has 0 aromatic heterocycles. The normalized spacial score (nSPS) is 37.2. The molecule has 9 nitrogen and oxygen atoms in total. The fraction of sp³-hybridized carbons (Fsp3) is 0.656. The third-order valence-corrected chi connectivity index (χ3v) is 10.9. The van der Waals surface area contributed by atoms with Crippen LogP contribution in [0.15, 0.2) is 36.9 Å². The van der Waals surface area contributed by atoms with Gasteiger partial charge in [-0.1, -0.05) is 30.8 Å². The molecule has 6 rings (SSSR count). The highest BCUT2D eigenvalue weighted by molar-refractivity contribution is 6.21. The highest BCUT2D eigenvalue weighted by Gasteiger charge is 2.56. The number of likely N-dealkylation sites (tertiary alicyclic amines) is 1. The van der Waals surface area contributed by atoms with Crippen LogP contribution >= 0.6 is 11.6 Å². The van der Waals surface area contributed by atoms with Crippen molar-refractivity contribution < 1.29 is 14.3 Å². The topological polar surface area (TPSA) is 101 Å². The Balaban J connectivity index is 1.25. The first kappa shape index (κ1) is 29.7. The van der Waals surface area contributed by atoms with Crippen LogP contribution in [0.3, 0.4) is 0 Å². The summed E-state index contributed by atoms with van der Waals surface area (Å²) < 4.78 is 6.46. The van der Waals surface area contributed by atoms with Crippen LogP contribution < -0.4 is 10.6 Å². The van der Waals surface area contributed by atoms with Crippen LogP contribution in [0.5, 0.6) is 0 Å². The SMILES string of the molecule is C=CC(=O)N1CCN(C2NC(OCC3CCCN3C)NC3C(=O)[C@@]4(CCC32)Cc2ccccc2C(Cl)C4)CC1CC#N. The van der Waals surface area contributed by atoms with Gasteiger partial charge in [-0.2, -0.15) is 5.26 Å². The maximum atomic E-state index is 14.6. The number of ether oxygens (including phenoxy) is 1. The predicted molar refractivity (Wildman–Crippen MR) is 160 cm³/mol. The third kappa shape index (κ3) is 5.54. The molecule has 0 bridgehead atoms. The zero-order valence-corrected chi connectivity index (χ0v) is 25.3. The van der Waals surface area contributed by atoms with Gasteiger partial charge in [-0.05, 0) is 69.3 Å². The number of nitrogens with zero attached hydrogens (tertiary/aromatic N) is 4. The molecule has 3 heterocycles. The second kappa shape index (κ2) is 12.4. The molecule has 1 aromatic rings. The van der Waals surface area contributed by atoms with Gasteiger partial charge >= 0.3 is 0 Å². The molecule has 3 saturated heterocycles. The summed E-state index contributed by atoms with van der Waals surface area (Å²) in [7, 11) is 2.14. The van der Waals surface area contributed by atoms with Gasteiger partial charge in [0, 0.05) is 37.0 Å². The van der Waals surface area contributed by atoms with E-state index in [1.807, 2.05) is 12.1 Å². The van der Waals surface area contributed by atoms with Gasteiger partial charge in [0.05, 0.1) is 42.7 Å². The van der Waals surface area contributed by atoms with Crippen LogP contribution in [0.1, 0.15) is 55.0 Å². The second-order valence-electron chi connectivity index (χ2n) is 12.9. The molecule has 226 valence electrons. The average molecular weight is 595 g/mol. The van der Waals surface area contributed by atoms with Crippen molar-refractivity contribution in [1.82, 2.24) is 25.3 Å². The summed E-state index contributed by atoms with van der Waals surface area (Å²) in [5.41, 5.74) is 1.83. The number of hydrogen-bond acceptors (Lipinski definition) is 8. The average Bonchev–Trinajstić information content (AvgIpc) is 3.42. The molecular formula is C32H43ClN6O3. The number of fused-ring (bicyclic) bond motifs is 2. The molecule has 10 heteroatoms. The fourth-order valence-corrected chi connectivity index (χ4v) is 8.75. The fourth-order valence-electron chi connectivity index (χ4n) is 8.24. The number of amides is 1. The minimum absolute atomic E-state index is 0.0347. The number of rotatable bonds is 6. The van der Waals surface area contributed by atoms with Gasteiger partial charge in [-0.3, -0.25) is 25.1 Å². The Hall–Kier alpha value is -2.32. The lowest BCUT2D eigenvalue weighted by molar-refractivity contribution is -0.154. The number of carbonyl (C=O) groups is 2. The first-order valence-electron chi connectivity index (χ1n) is 15.5. The summed E-state index contributed by atoms with van der Waals surface area (Å²) in [6, 6.07) is 10.3. The molecule has 1 aromatic carbocycles. The van der Waals surface area contributed by atoms with Gasteiger partial charge in [-0.15, -0.1) is 11.6 Å². The van der Waals surface area contributed by atoms with Gasteiger partial charge in [-0.25, -0.2) is 0 Å². The monoisotopic (exact) mass is 594 g/mol. The second-order valence-corrected chi connectivity index (χ2v) is 13.4. The molecule has 4 fully saturated rings. The minimum Gasteiger partial charge on any atom is -0.348 e. The van der Waals surface area contributed by atoms with E-state index in [1.165, 1.54) is 18.1 Å². The summed E-state index contributed by atoms with van der Waals surface area (Å²) >= 11 is 6.93. The Morgan fingerprint density at radius 1 is 1.24 bits per heavy atom. The van der Waals surface area contributed by atoms with Gasteiger partial charge in [0.1, 0.15) is 0 Å². The lowest BCUT2D eigenvalue weighted by atomic mass is 9.58. The number of hydrogen-bond donors (Lipinski definition) is 2. The van der Waals surface area contributed by atoms with Crippen molar-refractivity contribution in [1.29, 1.82) is 5.26 Å². The van der Waals surface area contributed by atoms with Crippen LogP contribution in [0.25, 0.3) is 0 Å². The molecule has 1 saturated carbocycles. The standard InChI is InChI=1S/C32H43ClN6O3/c1-3-27(40)39-16-15-38(19-22(39)11-13-34)30-25-10-12-32(17-21-7-4-5-9-24(21)26(33)18-32)29(41)28(25)35-31(36-30)42-20-23-8-6-14-37(23)2/h3-5,7,9,22-23,25-26,28,30-31,35-36H,1,6,8,10-12,14-20H2,2H3/t22?,23?,25?,26?,28?,30?,31?,32-/m0/s1. The van der Waals surface area contributed by atoms with Gasteiger partial charge < -0.3 is 14.5 Å². The van der Waals surface area contributed by atoms with E-state index in [9.17, 15) is 14.9 Å². The van der Waals surface area contributed by atoms with Crippen molar-refractivity contribution in [2.45, 2.75) is 81.0 Å². The minimum atomic E-state index is -0.495. The van der Waals surface area contributed by atoms with Crippen molar-refractivity contribution in [2.75, 3.05) is 39.8 Å². The molecule has 5 aliphatic rings. The Morgan fingerprint density at radius 2 is 2.07 bits per heavy atom. The van der Waals surface area contributed by atoms with Crippen LogP contribution in [0, 0.1) is 22.7 Å². The summed E-state index contributed by atoms with van der Waals surface area (Å²) in [6.07, 6.45) is 6.29. The zero-order valence-electron chi connectivity index (χ0n) is 24.5. The van der Waals surface area contributed by atoms with E-state index in [-0.39, 0.29) is 47.7 Å². The first-order valence-corrected chi connectivity index (χ1v) is 15.9. The third-order valence-electron chi connectivity index (χ3n) is 10.6. The van der Waals surface area contributed by atoms with Crippen LogP contribution in [-0.2, 0) is 20.7 Å². The maximum Gasteiger partial charge on any atom is 0.246 e. The van der Waals surface area contributed by atoms with Crippen molar-refractivity contribution in [3.63, 3.8) is 0 Å². The molecule has 1 spiro atoms. The maximum absolute atomic E-state index is 14.6. The van der Waals surface area contributed by atoms with Gasteiger partial charge in [0.15, 0.2) is 12.1 Å². The van der Waals surface area contributed by atoms with E-state index in [4.69, 9.17) is 16.3 Å². The number of benzene rings is 1. The first-order chi connectivity index (χ1) is 20.3. The molecule has 0 radical (unpaired) electrons. The zero-order chi connectivity index (χ0) is 29.4. The number of Topliss-reactive ketones (excluding diaryl/α,β-unsaturated/α-hetero) is 1. The Kier molecular flexibility index (Phi) is 8.75. The van der Waals surface area contributed by atoms with E-state index in [2.05, 4.69) is 52.3 Å². The number of piperazine rings is 1. The van der Waals surface area contributed by atoms with Crippen LogP contribution in [0.4, 0.5) is 0 Å². The van der Waals surface area contributed by atoms with Crippen molar-refractivity contribution in [2.24, 2.45) is 11.3 Å². The highest BCUT2D eigenvalue weighted by atomic mass is 35.5. The van der Waals surface area contributed by atoms with Crippen molar-refractivity contribution >= 4 is 23.3 Å². The van der Waals surface area contributed by atoms with Crippen LogP contribution in [0.2, 0.25) is 0 Å². The summed E-state index contributed by atoms with van der Waals surface area (Å²) in [5, 5.41) is 16.7. The van der Waals surface area contributed by atoms with Gasteiger partial charge in [0.2, 0.25) is 5.91 Å². The summed E-state index contributed by atoms with van der Waals surface area (Å²) in [6.45, 7) is 7.03. The molecule has 1 amide bonds. The number of carbonyl (C=O) groups excluding carboxylic acids is 2. The van der Waals surface area contributed by atoms with E-state index < -0.39 is 11.8 Å². The number of halogens is 1. The quantitative estimate of drug-likeness (QED) is 0.383. The smallest absolute Gasteiger partial charge is 0.246 e. The van der Waals surface area contributed by atoms with Crippen molar-refractivity contribution in [3.8, 4) is 6.07 Å². The predicted octanol–water partition coefficient (Wildman–Crippen LogP) is 2.77. The van der Waals surface area contributed by atoms with E-state index in [1.54, 1.807) is 4.90 Å². The van der Waals surface area contributed by atoms with E-state index in [0.29, 0.717) is 38.7 Å². The Morgan fingerprint density at radius 3 is 2.83 bits per heavy atom. The number of ketones is 1. The van der Waals surface area contributed by atoms with Crippen LogP contribution in [-0.4, -0.2) is 96.9 Å². The number of likely N-dealkylation sites (N-methyl/N-ethyl adjacent to an activating group) is 1. The Bertz CT molecular complexity index is 1240. The van der Waals surface area contributed by atoms with E-state index >= 15 is 0 Å². The van der Waals surface area contributed by atoms with E-state index in [0.717, 1.165) is 37.8 Å². The van der Waals surface area contributed by atoms with Gasteiger partial charge in [0.25, 0.3) is 0 Å². The molecular weight excluding hydrogens is 552 g/mol. The number of nitriles is 1. The molecule has 3 aliphatic heterocycles. The molecule has 42 heavy (non-hydrogen) atoms. The Labute approximate surface area is 254 Å². The highest BCUT2D eigenvalue weighted by Crippen LogP contribution is 2.52. The number of nitrogens with one attached hydrogen (secondary N) is 2. The summed E-state index contributed by atoms with van der Waals surface area (Å²) in [5.74, 6) is 0.134. The largest absolute Gasteiger partial charge is 0.348 e. The molecule has 8 atom stereocenters. The van der Waals surface area contributed by atoms with Crippen molar-refractivity contribution in [3.05, 3.63) is 48.0 Å². The molecule has 2 N–H and O–H groups in total. The lowest BCUT2D eigenvalue weighted by Crippen LogP contribution is -2.74. The lowest BCUT2D eigenvalue weighted by Gasteiger charge is -2.55. The summed E-state index contributed by atoms with van der Waals surface area (Å²) in [4.78, 5) is 33.6. The molecule has 7 unspecified atom stereocenters. The molecule has 2 aliphatic carbocycles.